The van der Waals surface area contributed by atoms with Gasteiger partial charge in [-0.3, -0.25) is 9.59 Å². The molecular formula is C26H27N3O6. The van der Waals surface area contributed by atoms with E-state index in [1.807, 2.05) is 12.1 Å². The number of unbranched alkanes of at least 4 members (excludes halogenated alkanes) is 3. The maximum atomic E-state index is 13.5. The average molecular weight is 478 g/mol. The zero-order chi connectivity index (χ0) is 24.5. The van der Waals surface area contributed by atoms with Gasteiger partial charge in [-0.2, -0.15) is 4.91 Å². The molecule has 2 aliphatic rings. The number of aromatic nitrogens is 2. The second-order valence-electron chi connectivity index (χ2n) is 8.99. The lowest BCUT2D eigenvalue weighted by Crippen LogP contribution is -2.26. The Bertz CT molecular complexity index is 1380. The van der Waals surface area contributed by atoms with Crippen LogP contribution >= 0.6 is 0 Å². The van der Waals surface area contributed by atoms with Crippen molar-refractivity contribution in [2.45, 2.75) is 65.1 Å². The third-order valence-corrected chi connectivity index (χ3v) is 6.88. The molecule has 5 rings (SSSR count). The van der Waals surface area contributed by atoms with Gasteiger partial charge in [-0.1, -0.05) is 31.4 Å². The lowest BCUT2D eigenvalue weighted by molar-refractivity contribution is -0.129. The van der Waals surface area contributed by atoms with E-state index in [1.54, 1.807) is 17.6 Å². The lowest BCUT2D eigenvalue weighted by atomic mass is 9.95. The van der Waals surface area contributed by atoms with Crippen LogP contribution in [0.1, 0.15) is 67.8 Å². The summed E-state index contributed by atoms with van der Waals surface area (Å²) in [6.45, 7) is 4.42. The highest BCUT2D eigenvalue weighted by Crippen LogP contribution is 2.42. The number of ether oxygens (including phenoxy) is 3. The summed E-state index contributed by atoms with van der Waals surface area (Å²) in [7, 11) is 0. The highest BCUT2D eigenvalue weighted by molar-refractivity contribution is 5.90. The van der Waals surface area contributed by atoms with Crippen LogP contribution in [-0.2, 0) is 29.1 Å². The molecule has 9 heteroatoms. The van der Waals surface area contributed by atoms with Crippen molar-refractivity contribution in [1.29, 1.82) is 0 Å². The number of hydrogen-bond acceptors (Lipinski definition) is 8. The number of rotatable bonds is 10. The van der Waals surface area contributed by atoms with Crippen LogP contribution in [0.4, 0.5) is 0 Å². The van der Waals surface area contributed by atoms with Crippen LogP contribution in [0.25, 0.3) is 22.3 Å². The van der Waals surface area contributed by atoms with E-state index in [-0.39, 0.29) is 24.5 Å². The van der Waals surface area contributed by atoms with Crippen LogP contribution < -0.4 is 15.0 Å². The van der Waals surface area contributed by atoms with Crippen LogP contribution in [0, 0.1) is 4.91 Å². The number of benzene rings is 1. The highest BCUT2D eigenvalue weighted by Gasteiger charge is 2.30. The molecule has 3 aromatic rings. The molecule has 0 N–H and O–H groups in total. The summed E-state index contributed by atoms with van der Waals surface area (Å²) in [6.07, 6.45) is 5.30. The largest absolute Gasteiger partial charge is 0.463 e. The van der Waals surface area contributed by atoms with E-state index < -0.39 is 6.04 Å². The SMILES string of the molecule is CCCCCCc1c2c(nc3cc4c(cc13)OCO4)-c1cc(C(C)N=O)c(COC=O)c(=O)n1C2. The third-order valence-electron chi connectivity index (χ3n) is 6.88. The Balaban J connectivity index is 1.70. The van der Waals surface area contributed by atoms with E-state index >= 15 is 0 Å². The van der Waals surface area contributed by atoms with Crippen LogP contribution in [-0.4, -0.2) is 22.8 Å². The molecule has 0 amide bonds. The fraction of sp³-hybridized carbons (Fsp3) is 0.423. The van der Waals surface area contributed by atoms with Crippen LogP contribution in [0.15, 0.2) is 28.2 Å². The van der Waals surface area contributed by atoms with Gasteiger partial charge in [0, 0.05) is 17.0 Å². The third kappa shape index (κ3) is 3.94. The minimum atomic E-state index is -0.773. The summed E-state index contributed by atoms with van der Waals surface area (Å²) in [5.74, 6) is 1.35. The number of pyridine rings is 2. The number of carbonyl (C=O) groups is 1. The second-order valence-corrected chi connectivity index (χ2v) is 8.99. The topological polar surface area (TPSA) is 109 Å². The number of carbonyl (C=O) groups excluding carboxylic acids is 1. The zero-order valence-corrected chi connectivity index (χ0v) is 19.8. The van der Waals surface area contributed by atoms with E-state index in [1.165, 1.54) is 0 Å². The number of hydrogen-bond donors (Lipinski definition) is 0. The molecule has 0 aliphatic carbocycles. The van der Waals surface area contributed by atoms with Gasteiger partial charge in [-0.15, -0.1) is 0 Å². The van der Waals surface area contributed by atoms with Crippen molar-refractivity contribution in [3.05, 3.63) is 55.7 Å². The molecule has 0 bridgehead atoms. The number of fused-ring (bicyclic) bond motifs is 5. The first-order valence-electron chi connectivity index (χ1n) is 12.0. The summed E-state index contributed by atoms with van der Waals surface area (Å²) in [4.78, 5) is 40.6. The van der Waals surface area contributed by atoms with E-state index in [0.717, 1.165) is 59.8 Å². The average Bonchev–Trinajstić information content (AvgIpc) is 3.48. The Morgan fingerprint density at radius 1 is 1.17 bits per heavy atom. The van der Waals surface area contributed by atoms with Crippen molar-refractivity contribution < 1.29 is 19.0 Å². The molecule has 182 valence electrons. The summed E-state index contributed by atoms with van der Waals surface area (Å²) in [6, 6.07) is 4.89. The number of aryl methyl sites for hydroxylation is 1. The molecule has 35 heavy (non-hydrogen) atoms. The smallest absolute Gasteiger partial charge is 0.293 e. The second kappa shape index (κ2) is 9.48. The van der Waals surface area contributed by atoms with Crippen molar-refractivity contribution in [3.8, 4) is 22.9 Å². The fourth-order valence-electron chi connectivity index (χ4n) is 5.07. The first-order chi connectivity index (χ1) is 17.1. The van der Waals surface area contributed by atoms with E-state index in [0.29, 0.717) is 35.8 Å². The molecule has 1 atom stereocenters. The molecule has 4 heterocycles. The molecule has 0 radical (unpaired) electrons. The van der Waals surface area contributed by atoms with Gasteiger partial charge in [0.25, 0.3) is 12.0 Å². The lowest BCUT2D eigenvalue weighted by Gasteiger charge is -2.14. The predicted octanol–water partition coefficient (Wildman–Crippen LogP) is 4.78. The molecule has 0 saturated heterocycles. The molecule has 9 nitrogen and oxygen atoms in total. The Morgan fingerprint density at radius 2 is 1.97 bits per heavy atom. The summed E-state index contributed by atoms with van der Waals surface area (Å²) < 4.78 is 17.8. The van der Waals surface area contributed by atoms with Gasteiger partial charge in [0.2, 0.25) is 6.79 Å². The molecule has 2 aliphatic heterocycles. The van der Waals surface area contributed by atoms with Crippen LogP contribution in [0.2, 0.25) is 0 Å². The molecular weight excluding hydrogens is 450 g/mol. The monoisotopic (exact) mass is 477 g/mol. The fourth-order valence-corrected chi connectivity index (χ4v) is 5.07. The van der Waals surface area contributed by atoms with Crippen molar-refractivity contribution in [1.82, 2.24) is 9.55 Å². The van der Waals surface area contributed by atoms with Gasteiger partial charge in [0.05, 0.1) is 29.0 Å². The maximum absolute atomic E-state index is 13.5. The summed E-state index contributed by atoms with van der Waals surface area (Å²) in [5.41, 5.74) is 4.69. The molecule has 2 aromatic heterocycles. The first-order valence-corrected chi connectivity index (χ1v) is 12.0. The molecule has 0 fully saturated rings. The number of nitrogens with zero attached hydrogens (tertiary/aromatic N) is 3. The Labute approximate surface area is 202 Å². The Kier molecular flexibility index (Phi) is 6.23. The first kappa shape index (κ1) is 23.0. The van der Waals surface area contributed by atoms with Crippen LogP contribution in [0.5, 0.6) is 11.5 Å². The van der Waals surface area contributed by atoms with Crippen molar-refractivity contribution >= 4 is 17.4 Å². The predicted molar refractivity (Wildman–Crippen MR) is 130 cm³/mol. The van der Waals surface area contributed by atoms with E-state index in [4.69, 9.17) is 19.2 Å². The van der Waals surface area contributed by atoms with Crippen molar-refractivity contribution in [2.75, 3.05) is 6.79 Å². The minimum Gasteiger partial charge on any atom is -0.463 e. The van der Waals surface area contributed by atoms with E-state index in [2.05, 4.69) is 12.1 Å². The van der Waals surface area contributed by atoms with Crippen LogP contribution in [0.3, 0.4) is 0 Å². The summed E-state index contributed by atoms with van der Waals surface area (Å²) >= 11 is 0. The molecule has 1 aromatic carbocycles. The van der Waals surface area contributed by atoms with Gasteiger partial charge in [-0.05, 0) is 43.0 Å². The zero-order valence-electron chi connectivity index (χ0n) is 19.8. The van der Waals surface area contributed by atoms with Gasteiger partial charge in [0.15, 0.2) is 11.5 Å². The quantitative estimate of drug-likeness (QED) is 0.184. The standard InChI is InChI=1S/C26H27N3O6/c1-3-4-5-6-7-16-18-9-23-24(35-14-34-23)10-21(18)27-25-19(16)11-29-22(25)8-17(15(2)28-32)20(26(29)31)12-33-13-30/h8-10,13,15H,3-7,11-12,14H2,1-2H3. The van der Waals surface area contributed by atoms with Crippen molar-refractivity contribution in [3.63, 3.8) is 0 Å². The maximum Gasteiger partial charge on any atom is 0.293 e. The van der Waals surface area contributed by atoms with Gasteiger partial charge < -0.3 is 18.8 Å². The van der Waals surface area contributed by atoms with E-state index in [9.17, 15) is 14.5 Å². The minimum absolute atomic E-state index is 0.182. The van der Waals surface area contributed by atoms with Gasteiger partial charge in [-0.25, -0.2) is 4.98 Å². The van der Waals surface area contributed by atoms with Crippen molar-refractivity contribution in [2.24, 2.45) is 5.18 Å². The van der Waals surface area contributed by atoms with Gasteiger partial charge in [0.1, 0.15) is 12.6 Å². The Hall–Kier alpha value is -3.75. The van der Waals surface area contributed by atoms with Gasteiger partial charge >= 0.3 is 0 Å². The molecule has 0 spiro atoms. The number of nitroso groups, excluding NO2 is 1. The summed E-state index contributed by atoms with van der Waals surface area (Å²) in [5, 5.41) is 4.12. The highest BCUT2D eigenvalue weighted by atomic mass is 16.7. The molecule has 1 unspecified atom stereocenters. The Morgan fingerprint density at radius 3 is 2.71 bits per heavy atom. The normalized spacial score (nSPS) is 14.0. The molecule has 0 saturated carbocycles.